The van der Waals surface area contributed by atoms with E-state index in [0.29, 0.717) is 18.4 Å². The van der Waals surface area contributed by atoms with E-state index in [-0.39, 0.29) is 11.9 Å². The molecule has 2 heteroatoms. The van der Waals surface area contributed by atoms with E-state index in [2.05, 4.69) is 0 Å². The van der Waals surface area contributed by atoms with E-state index in [0.717, 1.165) is 0 Å². The highest BCUT2D eigenvalue weighted by Gasteiger charge is 2.54. The highest BCUT2D eigenvalue weighted by molar-refractivity contribution is 5.76. The minimum absolute atomic E-state index is 0.0689. The minimum atomic E-state index is 0.0689. The first-order valence-corrected chi connectivity index (χ1v) is 5.51. The molecule has 2 atom stereocenters. The van der Waals surface area contributed by atoms with Gasteiger partial charge in [0.25, 0.3) is 0 Å². The van der Waals surface area contributed by atoms with Crippen molar-refractivity contribution in [1.29, 1.82) is 0 Å². The lowest BCUT2D eigenvalue weighted by Crippen LogP contribution is -2.09. The smallest absolute Gasteiger partial charge is 0.309 e. The summed E-state index contributed by atoms with van der Waals surface area (Å²) in [5, 5.41) is 0. The largest absolute Gasteiger partial charge is 0.466 e. The Morgan fingerprint density at radius 1 is 1.23 bits per heavy atom. The standard InChI is InChI=1S/C11H18O2/c1-2-13-11(12)10-8-6-4-3-5-7-9(8)10/h8-10H,2-7H2,1H3/t8-,9-/m0/s1. The van der Waals surface area contributed by atoms with Gasteiger partial charge in [0.15, 0.2) is 0 Å². The van der Waals surface area contributed by atoms with Crippen LogP contribution in [0.2, 0.25) is 0 Å². The van der Waals surface area contributed by atoms with Crippen molar-refractivity contribution in [2.45, 2.75) is 39.0 Å². The number of fused-ring (bicyclic) bond motifs is 1. The topological polar surface area (TPSA) is 26.3 Å². The van der Waals surface area contributed by atoms with Crippen LogP contribution in [0.15, 0.2) is 0 Å². The van der Waals surface area contributed by atoms with E-state index >= 15 is 0 Å². The van der Waals surface area contributed by atoms with E-state index in [1.165, 1.54) is 32.1 Å². The fourth-order valence-corrected chi connectivity index (χ4v) is 2.76. The summed E-state index contributed by atoms with van der Waals surface area (Å²) in [7, 11) is 0. The maximum atomic E-state index is 11.5. The molecule has 2 fully saturated rings. The highest BCUT2D eigenvalue weighted by Crippen LogP contribution is 2.54. The molecule has 0 radical (unpaired) electrons. The van der Waals surface area contributed by atoms with Crippen LogP contribution in [0.1, 0.15) is 39.0 Å². The number of carbonyl (C=O) groups is 1. The molecule has 0 aromatic heterocycles. The normalized spacial score (nSPS) is 37.5. The second-order valence-electron chi connectivity index (χ2n) is 4.24. The molecule has 2 rings (SSSR count). The number of carbonyl (C=O) groups excluding carboxylic acids is 1. The first-order valence-electron chi connectivity index (χ1n) is 5.51. The van der Waals surface area contributed by atoms with Crippen LogP contribution < -0.4 is 0 Å². The molecule has 0 amide bonds. The first-order chi connectivity index (χ1) is 6.34. The predicted molar refractivity (Wildman–Crippen MR) is 50.2 cm³/mol. The van der Waals surface area contributed by atoms with Gasteiger partial charge in [-0.1, -0.05) is 19.3 Å². The average Bonchev–Trinajstić information content (AvgIpc) is 2.77. The monoisotopic (exact) mass is 182 g/mol. The second-order valence-corrected chi connectivity index (χ2v) is 4.24. The molecule has 2 aliphatic rings. The molecule has 0 aromatic rings. The van der Waals surface area contributed by atoms with Crippen LogP contribution >= 0.6 is 0 Å². The predicted octanol–water partition coefficient (Wildman–Crippen LogP) is 2.38. The number of esters is 1. The van der Waals surface area contributed by atoms with Crippen molar-refractivity contribution in [2.75, 3.05) is 6.61 Å². The molecule has 0 aliphatic heterocycles. The summed E-state index contributed by atoms with van der Waals surface area (Å²) in [4.78, 5) is 11.5. The van der Waals surface area contributed by atoms with Gasteiger partial charge in [0.05, 0.1) is 12.5 Å². The maximum Gasteiger partial charge on any atom is 0.309 e. The molecule has 0 N–H and O–H groups in total. The van der Waals surface area contributed by atoms with Gasteiger partial charge in [-0.15, -0.1) is 0 Å². The zero-order chi connectivity index (χ0) is 9.26. The van der Waals surface area contributed by atoms with Crippen molar-refractivity contribution in [3.05, 3.63) is 0 Å². The third-order valence-electron chi connectivity index (χ3n) is 3.47. The number of rotatable bonds is 2. The van der Waals surface area contributed by atoms with Gasteiger partial charge in [-0.2, -0.15) is 0 Å². The molecule has 74 valence electrons. The molecule has 0 heterocycles. The Labute approximate surface area is 79.7 Å². The Balaban J connectivity index is 1.87. The third kappa shape index (κ3) is 1.72. The van der Waals surface area contributed by atoms with Crippen LogP contribution in [0, 0.1) is 17.8 Å². The molecule has 0 saturated heterocycles. The van der Waals surface area contributed by atoms with Crippen LogP contribution in [0.5, 0.6) is 0 Å². The Kier molecular flexibility index (Phi) is 2.56. The zero-order valence-corrected chi connectivity index (χ0v) is 8.29. The van der Waals surface area contributed by atoms with Gasteiger partial charge in [0.1, 0.15) is 0 Å². The summed E-state index contributed by atoms with van der Waals surface area (Å²) in [6.07, 6.45) is 6.51. The van der Waals surface area contributed by atoms with Crippen molar-refractivity contribution >= 4 is 5.97 Å². The molecule has 0 unspecified atom stereocenters. The third-order valence-corrected chi connectivity index (χ3v) is 3.47. The summed E-state index contributed by atoms with van der Waals surface area (Å²) in [5.41, 5.74) is 0. The second kappa shape index (κ2) is 3.69. The molecule has 2 saturated carbocycles. The van der Waals surface area contributed by atoms with E-state index in [9.17, 15) is 4.79 Å². The maximum absolute atomic E-state index is 11.5. The van der Waals surface area contributed by atoms with Crippen molar-refractivity contribution < 1.29 is 9.53 Å². The van der Waals surface area contributed by atoms with Gasteiger partial charge in [-0.25, -0.2) is 0 Å². The average molecular weight is 182 g/mol. The lowest BCUT2D eigenvalue weighted by Gasteiger charge is -2.02. The number of hydrogen-bond acceptors (Lipinski definition) is 2. The van der Waals surface area contributed by atoms with E-state index in [4.69, 9.17) is 4.74 Å². The van der Waals surface area contributed by atoms with Crippen molar-refractivity contribution in [3.63, 3.8) is 0 Å². The summed E-state index contributed by atoms with van der Waals surface area (Å²) in [5.74, 6) is 1.71. The Bertz CT molecular complexity index is 188. The van der Waals surface area contributed by atoms with E-state index in [1.807, 2.05) is 6.92 Å². The number of ether oxygens (including phenoxy) is 1. The molecular weight excluding hydrogens is 164 g/mol. The van der Waals surface area contributed by atoms with Crippen LogP contribution in [-0.4, -0.2) is 12.6 Å². The Morgan fingerprint density at radius 2 is 1.85 bits per heavy atom. The van der Waals surface area contributed by atoms with E-state index in [1.54, 1.807) is 0 Å². The molecule has 0 spiro atoms. The van der Waals surface area contributed by atoms with Crippen molar-refractivity contribution in [2.24, 2.45) is 17.8 Å². The SMILES string of the molecule is CCOC(=O)C1[C@H]2CCCCC[C@H]12. The lowest BCUT2D eigenvalue weighted by molar-refractivity contribution is -0.145. The van der Waals surface area contributed by atoms with Crippen LogP contribution in [0.3, 0.4) is 0 Å². The molecule has 0 bridgehead atoms. The molecular formula is C11H18O2. The Hall–Kier alpha value is -0.530. The van der Waals surface area contributed by atoms with Gasteiger partial charge in [-0.3, -0.25) is 4.79 Å². The summed E-state index contributed by atoms with van der Waals surface area (Å²) in [6.45, 7) is 2.42. The van der Waals surface area contributed by atoms with Gasteiger partial charge in [0.2, 0.25) is 0 Å². The van der Waals surface area contributed by atoms with Gasteiger partial charge < -0.3 is 4.74 Å². The van der Waals surface area contributed by atoms with Gasteiger partial charge in [-0.05, 0) is 31.6 Å². The molecule has 13 heavy (non-hydrogen) atoms. The lowest BCUT2D eigenvalue weighted by atomic mass is 10.1. The summed E-state index contributed by atoms with van der Waals surface area (Å²) >= 11 is 0. The molecule has 0 aromatic carbocycles. The van der Waals surface area contributed by atoms with Crippen molar-refractivity contribution in [3.8, 4) is 0 Å². The number of hydrogen-bond donors (Lipinski definition) is 0. The minimum Gasteiger partial charge on any atom is -0.466 e. The first kappa shape index (κ1) is 9.04. The van der Waals surface area contributed by atoms with Gasteiger partial charge >= 0.3 is 5.97 Å². The summed E-state index contributed by atoms with van der Waals surface area (Å²) < 4.78 is 5.06. The van der Waals surface area contributed by atoms with Gasteiger partial charge in [0, 0.05) is 0 Å². The fraction of sp³-hybridized carbons (Fsp3) is 0.909. The van der Waals surface area contributed by atoms with Crippen LogP contribution in [0.4, 0.5) is 0 Å². The van der Waals surface area contributed by atoms with Crippen LogP contribution in [0.25, 0.3) is 0 Å². The van der Waals surface area contributed by atoms with Crippen molar-refractivity contribution in [1.82, 2.24) is 0 Å². The highest BCUT2D eigenvalue weighted by atomic mass is 16.5. The van der Waals surface area contributed by atoms with E-state index < -0.39 is 0 Å². The molecule has 2 aliphatic carbocycles. The summed E-state index contributed by atoms with van der Waals surface area (Å²) in [6, 6.07) is 0. The molecule has 2 nitrogen and oxygen atoms in total. The fourth-order valence-electron chi connectivity index (χ4n) is 2.76. The van der Waals surface area contributed by atoms with Crippen LogP contribution in [-0.2, 0) is 9.53 Å². The quantitative estimate of drug-likeness (QED) is 0.613. The zero-order valence-electron chi connectivity index (χ0n) is 8.29. The Morgan fingerprint density at radius 3 is 2.38 bits per heavy atom.